The number of hydrogen-bond acceptors (Lipinski definition) is 5. The molecule has 3 aromatic rings. The number of benzene rings is 2. The number of rotatable bonds is 4. The minimum atomic E-state index is -1.21. The Balaban J connectivity index is 2.08. The Bertz CT molecular complexity index is 1120. The number of nitrogens with two attached hydrogens (primary N) is 1. The molecule has 0 saturated carbocycles. The van der Waals surface area contributed by atoms with E-state index in [-0.39, 0.29) is 5.56 Å². The summed E-state index contributed by atoms with van der Waals surface area (Å²) in [4.78, 5) is 40.3. The van der Waals surface area contributed by atoms with Crippen LogP contribution in [0.1, 0.15) is 17.3 Å². The Labute approximate surface area is 182 Å². The maximum atomic E-state index is 12.9. The topological polar surface area (TPSA) is 111 Å². The lowest BCUT2D eigenvalue weighted by Gasteiger charge is -2.15. The number of fused-ring (bicyclic) bond motifs is 1. The molecule has 3 N–H and O–H groups in total. The number of urea groups is 1. The molecule has 29 heavy (non-hydrogen) atoms. The number of carbonyl (C=O) groups is 3. The van der Waals surface area contributed by atoms with Gasteiger partial charge in [0.05, 0.1) is 16.8 Å². The van der Waals surface area contributed by atoms with E-state index in [1.807, 2.05) is 41.7 Å². The molecule has 0 saturated heterocycles. The first-order chi connectivity index (χ1) is 13.8. The first kappa shape index (κ1) is 20.9. The highest BCUT2D eigenvalue weighted by Gasteiger charge is 2.23. The Hall–Kier alpha value is -2.78. The minimum absolute atomic E-state index is 0.231. The van der Waals surface area contributed by atoms with Gasteiger partial charge < -0.3 is 10.5 Å². The second-order valence-corrected chi connectivity index (χ2v) is 7.88. The van der Waals surface area contributed by atoms with Crippen LogP contribution in [0.15, 0.2) is 57.5 Å². The standard InChI is InChI=1S/C20H15Br2N3O4/c1-10(18(26)25-20(23)28)29-19(27)14-9-16(11-5-3-2-4-6-11)24-17-13(14)7-12(21)8-15(17)22/h2-10H,1H3,(H3,23,25,26,28)/t10-/m1/s1. The summed E-state index contributed by atoms with van der Waals surface area (Å²) in [5, 5.41) is 2.43. The normalized spacial score (nSPS) is 11.7. The Morgan fingerprint density at radius 3 is 2.45 bits per heavy atom. The minimum Gasteiger partial charge on any atom is -0.449 e. The highest BCUT2D eigenvalue weighted by Crippen LogP contribution is 2.32. The average Bonchev–Trinajstić information content (AvgIpc) is 2.67. The molecule has 9 heteroatoms. The van der Waals surface area contributed by atoms with Crippen LogP contribution in [-0.2, 0) is 9.53 Å². The van der Waals surface area contributed by atoms with Gasteiger partial charge >= 0.3 is 12.0 Å². The zero-order valence-corrected chi connectivity index (χ0v) is 18.3. The number of halogens is 2. The summed E-state index contributed by atoms with van der Waals surface area (Å²) in [6.07, 6.45) is -1.21. The van der Waals surface area contributed by atoms with E-state index in [1.165, 1.54) is 6.92 Å². The van der Waals surface area contributed by atoms with Crippen LogP contribution in [0.5, 0.6) is 0 Å². The number of pyridine rings is 1. The fourth-order valence-electron chi connectivity index (χ4n) is 2.68. The summed E-state index contributed by atoms with van der Waals surface area (Å²) in [6, 6.07) is 13.5. The number of nitrogens with zero attached hydrogens (tertiary/aromatic N) is 1. The monoisotopic (exact) mass is 519 g/mol. The number of amides is 3. The van der Waals surface area contributed by atoms with Gasteiger partial charge in [0.1, 0.15) is 0 Å². The molecule has 1 heterocycles. The van der Waals surface area contributed by atoms with Crippen molar-refractivity contribution < 1.29 is 19.1 Å². The van der Waals surface area contributed by atoms with Crippen molar-refractivity contribution in [1.29, 1.82) is 0 Å². The molecule has 0 spiro atoms. The average molecular weight is 521 g/mol. The van der Waals surface area contributed by atoms with Crippen LogP contribution < -0.4 is 11.1 Å². The van der Waals surface area contributed by atoms with Gasteiger partial charge in [-0.05, 0) is 41.1 Å². The molecule has 0 aliphatic carbocycles. The molecule has 1 atom stereocenters. The molecule has 0 bridgehead atoms. The summed E-state index contributed by atoms with van der Waals surface area (Å²) in [5.41, 5.74) is 7.12. The second-order valence-electron chi connectivity index (χ2n) is 6.11. The molecule has 3 rings (SSSR count). The van der Waals surface area contributed by atoms with Crippen molar-refractivity contribution in [2.45, 2.75) is 13.0 Å². The maximum Gasteiger partial charge on any atom is 0.339 e. The third-order valence-electron chi connectivity index (χ3n) is 4.02. The van der Waals surface area contributed by atoms with E-state index < -0.39 is 24.0 Å². The zero-order chi connectivity index (χ0) is 21.1. The summed E-state index contributed by atoms with van der Waals surface area (Å²) >= 11 is 6.88. The van der Waals surface area contributed by atoms with Gasteiger partial charge in [-0.2, -0.15) is 0 Å². The van der Waals surface area contributed by atoms with Crippen molar-refractivity contribution in [3.8, 4) is 11.3 Å². The molecule has 7 nitrogen and oxygen atoms in total. The lowest BCUT2D eigenvalue weighted by Crippen LogP contribution is -2.42. The van der Waals surface area contributed by atoms with E-state index in [1.54, 1.807) is 12.1 Å². The number of hydrogen-bond donors (Lipinski definition) is 2. The molecule has 1 aromatic heterocycles. The van der Waals surface area contributed by atoms with E-state index in [2.05, 4.69) is 36.8 Å². The Morgan fingerprint density at radius 2 is 1.79 bits per heavy atom. The third kappa shape index (κ3) is 4.80. The van der Waals surface area contributed by atoms with E-state index in [9.17, 15) is 14.4 Å². The number of primary amides is 1. The van der Waals surface area contributed by atoms with Crippen molar-refractivity contribution in [2.75, 3.05) is 0 Å². The van der Waals surface area contributed by atoms with Crippen LogP contribution in [0.3, 0.4) is 0 Å². The van der Waals surface area contributed by atoms with Gasteiger partial charge in [0, 0.05) is 19.9 Å². The van der Waals surface area contributed by atoms with E-state index >= 15 is 0 Å². The van der Waals surface area contributed by atoms with Crippen LogP contribution in [0, 0.1) is 0 Å². The molecule has 0 fully saturated rings. The first-order valence-electron chi connectivity index (χ1n) is 8.42. The smallest absolute Gasteiger partial charge is 0.339 e. The van der Waals surface area contributed by atoms with Crippen molar-refractivity contribution in [3.05, 3.63) is 63.0 Å². The molecule has 0 aliphatic heterocycles. The van der Waals surface area contributed by atoms with Crippen LogP contribution >= 0.6 is 31.9 Å². The van der Waals surface area contributed by atoms with Gasteiger partial charge in [-0.1, -0.05) is 46.3 Å². The number of esters is 1. The van der Waals surface area contributed by atoms with Crippen molar-refractivity contribution in [1.82, 2.24) is 10.3 Å². The summed E-state index contributed by atoms with van der Waals surface area (Å²) < 4.78 is 6.68. The number of nitrogens with one attached hydrogen (secondary N) is 1. The Kier molecular flexibility index (Phi) is 6.29. The molecule has 0 radical (unpaired) electrons. The molecule has 0 aliphatic rings. The van der Waals surface area contributed by atoms with E-state index in [0.717, 1.165) is 10.0 Å². The summed E-state index contributed by atoms with van der Waals surface area (Å²) in [7, 11) is 0. The highest BCUT2D eigenvalue weighted by atomic mass is 79.9. The number of aromatic nitrogens is 1. The SMILES string of the molecule is C[C@@H](OC(=O)c1cc(-c2ccccc2)nc2c(Br)cc(Br)cc12)C(=O)NC(N)=O. The first-order valence-corrected chi connectivity index (χ1v) is 10.0. The second kappa shape index (κ2) is 8.71. The zero-order valence-electron chi connectivity index (χ0n) is 15.1. The predicted molar refractivity (Wildman–Crippen MR) is 115 cm³/mol. The van der Waals surface area contributed by atoms with Crippen LogP contribution in [0.2, 0.25) is 0 Å². The molecular formula is C20H15Br2N3O4. The quantitative estimate of drug-likeness (QED) is 0.501. The van der Waals surface area contributed by atoms with Gasteiger partial charge in [-0.15, -0.1) is 0 Å². The maximum absolute atomic E-state index is 12.9. The van der Waals surface area contributed by atoms with Crippen LogP contribution in [0.25, 0.3) is 22.2 Å². The molecule has 148 valence electrons. The number of carbonyl (C=O) groups excluding carboxylic acids is 3. The van der Waals surface area contributed by atoms with E-state index in [4.69, 9.17) is 10.5 Å². The molecular weight excluding hydrogens is 506 g/mol. The van der Waals surface area contributed by atoms with Crippen molar-refractivity contribution in [2.24, 2.45) is 5.73 Å². The fourth-order valence-corrected chi connectivity index (χ4v) is 3.99. The van der Waals surface area contributed by atoms with Gasteiger partial charge in [-0.25, -0.2) is 14.6 Å². The van der Waals surface area contributed by atoms with Gasteiger partial charge in [0.25, 0.3) is 5.91 Å². The number of ether oxygens (including phenoxy) is 1. The predicted octanol–water partition coefficient (Wildman–Crippen LogP) is 4.17. The number of imide groups is 1. The molecule has 0 unspecified atom stereocenters. The van der Waals surface area contributed by atoms with Crippen LogP contribution in [-0.4, -0.2) is 29.0 Å². The van der Waals surface area contributed by atoms with Gasteiger partial charge in [-0.3, -0.25) is 10.1 Å². The lowest BCUT2D eigenvalue weighted by atomic mass is 10.0. The van der Waals surface area contributed by atoms with Crippen LogP contribution in [0.4, 0.5) is 4.79 Å². The molecule has 3 amide bonds. The van der Waals surface area contributed by atoms with Crippen molar-refractivity contribution in [3.63, 3.8) is 0 Å². The fraction of sp³-hybridized carbons (Fsp3) is 0.100. The van der Waals surface area contributed by atoms with Crippen molar-refractivity contribution >= 4 is 60.7 Å². The summed E-state index contributed by atoms with van der Waals surface area (Å²) in [5.74, 6) is -1.54. The van der Waals surface area contributed by atoms with Gasteiger partial charge in [0.2, 0.25) is 0 Å². The molecule has 2 aromatic carbocycles. The Morgan fingerprint density at radius 1 is 1.10 bits per heavy atom. The summed E-state index contributed by atoms with van der Waals surface area (Å²) in [6.45, 7) is 1.35. The third-order valence-corrected chi connectivity index (χ3v) is 5.08. The lowest BCUT2D eigenvalue weighted by molar-refractivity contribution is -0.127. The highest BCUT2D eigenvalue weighted by molar-refractivity contribution is 9.11. The largest absolute Gasteiger partial charge is 0.449 e. The van der Waals surface area contributed by atoms with Gasteiger partial charge in [0.15, 0.2) is 6.10 Å². The van der Waals surface area contributed by atoms with E-state index in [0.29, 0.717) is 21.1 Å².